The Kier molecular flexibility index (Phi) is 4.50. The van der Waals surface area contributed by atoms with Crippen molar-refractivity contribution in [3.63, 3.8) is 0 Å². The summed E-state index contributed by atoms with van der Waals surface area (Å²) < 4.78 is 0. The van der Waals surface area contributed by atoms with Gasteiger partial charge in [0.15, 0.2) is 0 Å². The summed E-state index contributed by atoms with van der Waals surface area (Å²) in [6, 6.07) is 8.94. The van der Waals surface area contributed by atoms with E-state index in [-0.39, 0.29) is 5.54 Å². The first-order valence-corrected chi connectivity index (χ1v) is 5.57. The summed E-state index contributed by atoms with van der Waals surface area (Å²) in [5.74, 6) is 3.51. The highest BCUT2D eigenvalue weighted by Crippen LogP contribution is 2.03. The van der Waals surface area contributed by atoms with Crippen LogP contribution in [0.1, 0.15) is 20.8 Å². The molecule has 0 aliphatic rings. The molecule has 1 rings (SSSR count). The van der Waals surface area contributed by atoms with E-state index < -0.39 is 11.8 Å². The third kappa shape index (κ3) is 5.71. The average molecular weight is 244 g/mol. The zero-order chi connectivity index (χ0) is 13.6. The van der Waals surface area contributed by atoms with Gasteiger partial charge in [0.2, 0.25) is 0 Å². The monoisotopic (exact) mass is 244 g/mol. The van der Waals surface area contributed by atoms with Crippen LogP contribution >= 0.6 is 0 Å². The van der Waals surface area contributed by atoms with E-state index in [1.807, 2.05) is 26.8 Å². The lowest BCUT2D eigenvalue weighted by atomic mass is 10.1. The van der Waals surface area contributed by atoms with Crippen molar-refractivity contribution in [2.45, 2.75) is 26.3 Å². The largest absolute Gasteiger partial charge is 0.341 e. The first-order valence-electron chi connectivity index (χ1n) is 5.57. The summed E-state index contributed by atoms with van der Waals surface area (Å²) in [4.78, 5) is 22.8. The number of carbonyl (C=O) groups excluding carboxylic acids is 2. The van der Waals surface area contributed by atoms with Crippen molar-refractivity contribution in [1.82, 2.24) is 5.32 Å². The average Bonchev–Trinajstić information content (AvgIpc) is 2.25. The molecular formula is C14H16N2O2. The second-order valence-corrected chi connectivity index (χ2v) is 4.77. The number of benzene rings is 1. The van der Waals surface area contributed by atoms with E-state index in [1.165, 1.54) is 0 Å². The van der Waals surface area contributed by atoms with Crippen LogP contribution in [0.15, 0.2) is 30.3 Å². The van der Waals surface area contributed by atoms with E-state index in [1.54, 1.807) is 24.3 Å². The van der Waals surface area contributed by atoms with Crippen LogP contribution in [0.2, 0.25) is 0 Å². The number of rotatable bonds is 1. The van der Waals surface area contributed by atoms with Gasteiger partial charge >= 0.3 is 5.91 Å². The van der Waals surface area contributed by atoms with Crippen molar-refractivity contribution >= 4 is 17.5 Å². The summed E-state index contributed by atoms with van der Waals surface area (Å²) in [5, 5.41) is 5.21. The van der Waals surface area contributed by atoms with Gasteiger partial charge in [-0.25, -0.2) is 0 Å². The fourth-order valence-electron chi connectivity index (χ4n) is 1.17. The second-order valence-electron chi connectivity index (χ2n) is 4.77. The van der Waals surface area contributed by atoms with Crippen molar-refractivity contribution in [3.05, 3.63) is 30.3 Å². The highest BCUT2D eigenvalue weighted by atomic mass is 16.2. The maximum absolute atomic E-state index is 11.4. The molecule has 1 aromatic carbocycles. The van der Waals surface area contributed by atoms with Gasteiger partial charge in [-0.2, -0.15) is 0 Å². The van der Waals surface area contributed by atoms with Gasteiger partial charge in [0, 0.05) is 23.1 Å². The van der Waals surface area contributed by atoms with Crippen LogP contribution in [0.5, 0.6) is 0 Å². The molecule has 0 fully saturated rings. The minimum absolute atomic E-state index is 0.359. The molecule has 0 unspecified atom stereocenters. The highest BCUT2D eigenvalue weighted by molar-refractivity contribution is 6.08. The molecule has 0 aromatic heterocycles. The standard InChI is InChI=1S/C14H16N2O2/c1-14(2,3)16-13(18)10-9-12(17)15-11-7-5-4-6-8-11/h4-8H,1-3H3,(H,15,17)(H,16,18). The van der Waals surface area contributed by atoms with Crippen LogP contribution in [-0.2, 0) is 9.59 Å². The normalized spacial score (nSPS) is 9.94. The van der Waals surface area contributed by atoms with Gasteiger partial charge < -0.3 is 10.6 Å². The highest BCUT2D eigenvalue weighted by Gasteiger charge is 2.11. The van der Waals surface area contributed by atoms with Crippen molar-refractivity contribution in [2.75, 3.05) is 5.32 Å². The Hall–Kier alpha value is -2.28. The molecule has 18 heavy (non-hydrogen) atoms. The molecule has 1 aromatic rings. The lowest BCUT2D eigenvalue weighted by Crippen LogP contribution is -2.39. The Bertz CT molecular complexity index is 490. The van der Waals surface area contributed by atoms with E-state index in [4.69, 9.17) is 0 Å². The minimum Gasteiger partial charge on any atom is -0.341 e. The second kappa shape index (κ2) is 5.87. The molecule has 0 heterocycles. The van der Waals surface area contributed by atoms with E-state index in [9.17, 15) is 9.59 Å². The molecule has 0 saturated heterocycles. The molecule has 4 heteroatoms. The summed E-state index contributed by atoms with van der Waals surface area (Å²) >= 11 is 0. The maximum atomic E-state index is 11.4. The number of amides is 2. The topological polar surface area (TPSA) is 58.2 Å². The molecule has 0 saturated carbocycles. The maximum Gasteiger partial charge on any atom is 0.300 e. The quantitative estimate of drug-likeness (QED) is 0.736. The smallest absolute Gasteiger partial charge is 0.300 e. The number of hydrogen-bond donors (Lipinski definition) is 2. The van der Waals surface area contributed by atoms with Gasteiger partial charge in [0.1, 0.15) is 0 Å². The van der Waals surface area contributed by atoms with Gasteiger partial charge in [-0.05, 0) is 32.9 Å². The lowest BCUT2D eigenvalue weighted by molar-refractivity contribution is -0.117. The van der Waals surface area contributed by atoms with Crippen molar-refractivity contribution in [1.29, 1.82) is 0 Å². The van der Waals surface area contributed by atoms with Gasteiger partial charge in [-0.15, -0.1) is 0 Å². The molecule has 0 bridgehead atoms. The predicted molar refractivity (Wildman–Crippen MR) is 70.7 cm³/mol. The molecule has 0 aliphatic carbocycles. The van der Waals surface area contributed by atoms with Crippen LogP contribution in [0.4, 0.5) is 5.69 Å². The van der Waals surface area contributed by atoms with Crippen molar-refractivity contribution in [3.8, 4) is 11.8 Å². The Morgan fingerprint density at radius 2 is 1.56 bits per heavy atom. The fraction of sp³-hybridized carbons (Fsp3) is 0.286. The molecule has 2 N–H and O–H groups in total. The Labute approximate surface area is 107 Å². The van der Waals surface area contributed by atoms with Crippen LogP contribution in [0, 0.1) is 11.8 Å². The van der Waals surface area contributed by atoms with Gasteiger partial charge in [0.25, 0.3) is 5.91 Å². The number of para-hydroxylation sites is 1. The molecular weight excluding hydrogens is 228 g/mol. The first kappa shape index (κ1) is 13.8. The number of nitrogens with one attached hydrogen (secondary N) is 2. The zero-order valence-electron chi connectivity index (χ0n) is 10.7. The number of carbonyl (C=O) groups is 2. The van der Waals surface area contributed by atoms with Crippen LogP contribution in [-0.4, -0.2) is 17.4 Å². The SMILES string of the molecule is CC(C)(C)NC(=O)C#CC(=O)Nc1ccccc1. The van der Waals surface area contributed by atoms with E-state index in [0.717, 1.165) is 0 Å². The Morgan fingerprint density at radius 3 is 2.11 bits per heavy atom. The van der Waals surface area contributed by atoms with E-state index in [0.29, 0.717) is 5.69 Å². The van der Waals surface area contributed by atoms with Crippen LogP contribution in [0.3, 0.4) is 0 Å². The molecule has 0 atom stereocenters. The summed E-state index contributed by atoms with van der Waals surface area (Å²) in [6.45, 7) is 5.53. The number of anilines is 1. The first-order chi connectivity index (χ1) is 8.37. The number of hydrogen-bond acceptors (Lipinski definition) is 2. The van der Waals surface area contributed by atoms with Gasteiger partial charge in [0.05, 0.1) is 0 Å². The molecule has 0 spiro atoms. The Balaban J connectivity index is 2.54. The summed E-state index contributed by atoms with van der Waals surface area (Å²) in [7, 11) is 0. The molecule has 94 valence electrons. The molecule has 0 aliphatic heterocycles. The fourth-order valence-corrected chi connectivity index (χ4v) is 1.17. The van der Waals surface area contributed by atoms with Crippen molar-refractivity contribution in [2.24, 2.45) is 0 Å². The van der Waals surface area contributed by atoms with Crippen LogP contribution in [0.25, 0.3) is 0 Å². The Morgan fingerprint density at radius 1 is 1.00 bits per heavy atom. The third-order valence-corrected chi connectivity index (χ3v) is 1.81. The van der Waals surface area contributed by atoms with Gasteiger partial charge in [-0.1, -0.05) is 18.2 Å². The molecule has 4 nitrogen and oxygen atoms in total. The van der Waals surface area contributed by atoms with E-state index in [2.05, 4.69) is 22.5 Å². The molecule has 0 radical (unpaired) electrons. The summed E-state index contributed by atoms with van der Waals surface area (Å²) in [5.41, 5.74) is 0.287. The predicted octanol–water partition coefficient (Wildman–Crippen LogP) is 1.54. The van der Waals surface area contributed by atoms with Crippen LogP contribution < -0.4 is 10.6 Å². The minimum atomic E-state index is -0.509. The van der Waals surface area contributed by atoms with E-state index >= 15 is 0 Å². The van der Waals surface area contributed by atoms with Crippen molar-refractivity contribution < 1.29 is 9.59 Å². The van der Waals surface area contributed by atoms with Gasteiger partial charge in [-0.3, -0.25) is 9.59 Å². The molecule has 2 amide bonds. The zero-order valence-corrected chi connectivity index (χ0v) is 10.7. The third-order valence-electron chi connectivity index (χ3n) is 1.81. The lowest BCUT2D eigenvalue weighted by Gasteiger charge is -2.17. The summed E-state index contributed by atoms with van der Waals surface area (Å²) in [6.07, 6.45) is 0.